The fourth-order valence-electron chi connectivity index (χ4n) is 3.89. The molecule has 0 aliphatic carbocycles. The topological polar surface area (TPSA) is 74.0 Å². The Bertz CT molecular complexity index is 852. The minimum Gasteiger partial charge on any atom is -0.503 e. The SMILES string of the molecule is O=C(C1=C(O)C(=O)N(CCN2CCCC2)C1c1ccccc1)c1ccco1. The standard InChI is InChI=1S/C21H22N2O4/c24-19(16-9-6-14-27-16)17-18(15-7-2-1-3-8-15)23(21(26)20(17)25)13-12-22-10-4-5-11-22/h1-3,6-9,14,18,25H,4-5,10-13H2. The molecule has 2 aromatic rings. The van der Waals surface area contributed by atoms with E-state index in [2.05, 4.69) is 4.90 Å². The maximum absolute atomic E-state index is 13.0. The number of hydrogen-bond acceptors (Lipinski definition) is 5. The van der Waals surface area contributed by atoms with Crippen molar-refractivity contribution in [2.45, 2.75) is 18.9 Å². The Morgan fingerprint density at radius 3 is 2.48 bits per heavy atom. The van der Waals surface area contributed by atoms with E-state index in [1.165, 1.54) is 19.1 Å². The summed E-state index contributed by atoms with van der Waals surface area (Å²) >= 11 is 0. The molecule has 1 N–H and O–H groups in total. The zero-order valence-corrected chi connectivity index (χ0v) is 15.0. The van der Waals surface area contributed by atoms with Crippen LogP contribution in [0.1, 0.15) is 35.0 Å². The number of nitrogens with zero attached hydrogens (tertiary/aromatic N) is 2. The van der Waals surface area contributed by atoms with Crippen LogP contribution in [-0.4, -0.2) is 52.8 Å². The summed E-state index contributed by atoms with van der Waals surface area (Å²) < 4.78 is 5.22. The molecular formula is C21H22N2O4. The molecule has 6 heteroatoms. The molecule has 1 unspecified atom stereocenters. The summed E-state index contributed by atoms with van der Waals surface area (Å²) in [4.78, 5) is 29.6. The molecule has 2 aliphatic heterocycles. The first kappa shape index (κ1) is 17.5. The van der Waals surface area contributed by atoms with Gasteiger partial charge in [0.15, 0.2) is 11.5 Å². The zero-order chi connectivity index (χ0) is 18.8. The molecule has 1 aromatic heterocycles. The predicted molar refractivity (Wildman–Crippen MR) is 99.3 cm³/mol. The Morgan fingerprint density at radius 1 is 1.07 bits per heavy atom. The molecule has 1 aromatic carbocycles. The van der Waals surface area contributed by atoms with E-state index in [1.807, 2.05) is 30.3 Å². The van der Waals surface area contributed by atoms with Crippen LogP contribution in [0.4, 0.5) is 0 Å². The second-order valence-electron chi connectivity index (χ2n) is 6.93. The van der Waals surface area contributed by atoms with Crippen molar-refractivity contribution in [3.63, 3.8) is 0 Å². The van der Waals surface area contributed by atoms with Crippen LogP contribution in [0.2, 0.25) is 0 Å². The molecule has 1 fully saturated rings. The molecule has 0 saturated carbocycles. The average Bonchev–Trinajstić information content (AvgIpc) is 3.43. The summed E-state index contributed by atoms with van der Waals surface area (Å²) in [7, 11) is 0. The largest absolute Gasteiger partial charge is 0.503 e. The number of rotatable bonds is 6. The predicted octanol–water partition coefficient (Wildman–Crippen LogP) is 2.95. The number of aliphatic hydroxyl groups excluding tert-OH is 1. The molecule has 27 heavy (non-hydrogen) atoms. The Hall–Kier alpha value is -2.86. The summed E-state index contributed by atoms with van der Waals surface area (Å²) in [5.74, 6) is -1.32. The van der Waals surface area contributed by atoms with Crippen LogP contribution >= 0.6 is 0 Å². The van der Waals surface area contributed by atoms with E-state index in [4.69, 9.17) is 4.42 Å². The van der Waals surface area contributed by atoms with Gasteiger partial charge in [-0.2, -0.15) is 0 Å². The van der Waals surface area contributed by atoms with Gasteiger partial charge >= 0.3 is 0 Å². The van der Waals surface area contributed by atoms with E-state index in [1.54, 1.807) is 17.0 Å². The highest BCUT2D eigenvalue weighted by Crippen LogP contribution is 2.38. The van der Waals surface area contributed by atoms with Gasteiger partial charge in [-0.3, -0.25) is 9.59 Å². The smallest absolute Gasteiger partial charge is 0.290 e. The molecule has 140 valence electrons. The van der Waals surface area contributed by atoms with E-state index in [0.29, 0.717) is 6.54 Å². The maximum atomic E-state index is 13.0. The number of benzene rings is 1. The number of ketones is 1. The van der Waals surface area contributed by atoms with Crippen LogP contribution in [0.5, 0.6) is 0 Å². The normalized spacial score (nSPS) is 20.7. The average molecular weight is 366 g/mol. The van der Waals surface area contributed by atoms with E-state index in [9.17, 15) is 14.7 Å². The van der Waals surface area contributed by atoms with Gasteiger partial charge in [0.2, 0.25) is 5.78 Å². The summed E-state index contributed by atoms with van der Waals surface area (Å²) in [6.45, 7) is 3.23. The van der Waals surface area contributed by atoms with Gasteiger partial charge in [0.05, 0.1) is 17.9 Å². The Kier molecular flexibility index (Phi) is 4.81. The van der Waals surface area contributed by atoms with Crippen molar-refractivity contribution < 1.29 is 19.1 Å². The monoisotopic (exact) mass is 366 g/mol. The summed E-state index contributed by atoms with van der Waals surface area (Å²) in [6, 6.07) is 11.9. The molecule has 4 rings (SSSR count). The molecule has 0 spiro atoms. The van der Waals surface area contributed by atoms with Gasteiger partial charge in [-0.05, 0) is 43.6 Å². The Labute approximate surface area is 157 Å². The molecule has 6 nitrogen and oxygen atoms in total. The minimum absolute atomic E-state index is 0.0857. The van der Waals surface area contributed by atoms with Crippen molar-refractivity contribution in [1.29, 1.82) is 0 Å². The quantitative estimate of drug-likeness (QED) is 0.796. The lowest BCUT2D eigenvalue weighted by Gasteiger charge is -2.28. The number of amides is 1. The first-order valence-electron chi connectivity index (χ1n) is 9.26. The summed E-state index contributed by atoms with van der Waals surface area (Å²) in [5, 5.41) is 10.5. The van der Waals surface area contributed by atoms with Crippen LogP contribution in [0, 0.1) is 0 Å². The molecule has 1 amide bonds. The second kappa shape index (κ2) is 7.40. The highest BCUT2D eigenvalue weighted by molar-refractivity contribution is 6.15. The van der Waals surface area contributed by atoms with E-state index in [-0.39, 0.29) is 11.3 Å². The van der Waals surface area contributed by atoms with Crippen LogP contribution in [-0.2, 0) is 4.79 Å². The Balaban J connectivity index is 1.67. The van der Waals surface area contributed by atoms with Gasteiger partial charge in [0.1, 0.15) is 0 Å². The van der Waals surface area contributed by atoms with Crippen molar-refractivity contribution in [2.24, 2.45) is 0 Å². The fourth-order valence-corrected chi connectivity index (χ4v) is 3.89. The lowest BCUT2D eigenvalue weighted by atomic mass is 9.95. The van der Waals surface area contributed by atoms with E-state index < -0.39 is 23.5 Å². The van der Waals surface area contributed by atoms with Gasteiger partial charge in [0, 0.05) is 13.1 Å². The third kappa shape index (κ3) is 3.28. The number of carbonyl (C=O) groups excluding carboxylic acids is 2. The molecule has 0 radical (unpaired) electrons. The van der Waals surface area contributed by atoms with Crippen molar-refractivity contribution in [3.8, 4) is 0 Å². The van der Waals surface area contributed by atoms with Crippen molar-refractivity contribution >= 4 is 11.7 Å². The maximum Gasteiger partial charge on any atom is 0.290 e. The lowest BCUT2D eigenvalue weighted by molar-refractivity contribution is -0.129. The van der Waals surface area contributed by atoms with E-state index in [0.717, 1.165) is 25.2 Å². The van der Waals surface area contributed by atoms with Crippen LogP contribution < -0.4 is 0 Å². The van der Waals surface area contributed by atoms with Gasteiger partial charge in [-0.1, -0.05) is 30.3 Å². The fraction of sp³-hybridized carbons (Fsp3) is 0.333. The number of aliphatic hydroxyl groups is 1. The molecule has 2 aliphatic rings. The van der Waals surface area contributed by atoms with Gasteiger partial charge in [-0.15, -0.1) is 0 Å². The van der Waals surface area contributed by atoms with Crippen molar-refractivity contribution in [3.05, 3.63) is 71.4 Å². The highest BCUT2D eigenvalue weighted by atomic mass is 16.3. The number of furan rings is 1. The second-order valence-corrected chi connectivity index (χ2v) is 6.93. The minimum atomic E-state index is -0.612. The van der Waals surface area contributed by atoms with Crippen LogP contribution in [0.25, 0.3) is 0 Å². The summed E-state index contributed by atoms with van der Waals surface area (Å²) in [6.07, 6.45) is 3.74. The number of carbonyl (C=O) groups is 2. The first-order valence-corrected chi connectivity index (χ1v) is 9.26. The molecular weight excluding hydrogens is 344 g/mol. The zero-order valence-electron chi connectivity index (χ0n) is 15.0. The van der Waals surface area contributed by atoms with Crippen LogP contribution in [0.15, 0.2) is 64.5 Å². The molecule has 1 atom stereocenters. The third-order valence-electron chi connectivity index (χ3n) is 5.26. The lowest BCUT2D eigenvalue weighted by Crippen LogP contribution is -2.37. The molecule has 3 heterocycles. The highest BCUT2D eigenvalue weighted by Gasteiger charge is 2.44. The van der Waals surface area contributed by atoms with Gasteiger partial charge in [-0.25, -0.2) is 0 Å². The van der Waals surface area contributed by atoms with Gasteiger partial charge < -0.3 is 19.3 Å². The number of likely N-dealkylation sites (tertiary alicyclic amines) is 1. The van der Waals surface area contributed by atoms with E-state index >= 15 is 0 Å². The molecule has 0 bridgehead atoms. The first-order chi connectivity index (χ1) is 13.2. The number of Topliss-reactive ketones (excluding diaryl/α,β-unsaturated/α-hetero) is 1. The summed E-state index contributed by atoms with van der Waals surface area (Å²) in [5.41, 5.74) is 0.883. The van der Waals surface area contributed by atoms with Crippen molar-refractivity contribution in [1.82, 2.24) is 9.80 Å². The Morgan fingerprint density at radius 2 is 1.81 bits per heavy atom. The molecule has 1 saturated heterocycles. The third-order valence-corrected chi connectivity index (χ3v) is 5.26. The number of hydrogen-bond donors (Lipinski definition) is 1. The van der Waals surface area contributed by atoms with Gasteiger partial charge in [0.25, 0.3) is 5.91 Å². The van der Waals surface area contributed by atoms with Crippen LogP contribution in [0.3, 0.4) is 0 Å². The van der Waals surface area contributed by atoms with Crippen molar-refractivity contribution in [2.75, 3.05) is 26.2 Å².